The van der Waals surface area contributed by atoms with Gasteiger partial charge in [0, 0.05) is 43.4 Å². The van der Waals surface area contributed by atoms with Gasteiger partial charge in [-0.1, -0.05) is 0 Å². The maximum atomic E-state index is 10.5. The Labute approximate surface area is 151 Å². The molecule has 4 rings (SSSR count). The summed E-state index contributed by atoms with van der Waals surface area (Å²) in [4.78, 5) is 21.7. The van der Waals surface area contributed by atoms with Gasteiger partial charge in [0.05, 0.1) is 11.7 Å². The van der Waals surface area contributed by atoms with E-state index in [1.54, 1.807) is 24.5 Å². The molecule has 1 amide bonds. The summed E-state index contributed by atoms with van der Waals surface area (Å²) in [6.07, 6.45) is 4.15. The smallest absolute Gasteiger partial charge is 0.211 e. The first kappa shape index (κ1) is 16.3. The van der Waals surface area contributed by atoms with E-state index < -0.39 is 0 Å². The number of fused-ring (bicyclic) bond motifs is 1. The highest BCUT2D eigenvalue weighted by Gasteiger charge is 2.14. The van der Waals surface area contributed by atoms with Gasteiger partial charge in [-0.05, 0) is 36.4 Å². The van der Waals surface area contributed by atoms with Gasteiger partial charge in [-0.25, -0.2) is 4.98 Å². The van der Waals surface area contributed by atoms with Crippen LogP contribution in [0, 0.1) is 0 Å². The summed E-state index contributed by atoms with van der Waals surface area (Å²) in [6, 6.07) is 11.1. The van der Waals surface area contributed by atoms with Gasteiger partial charge in [0.1, 0.15) is 17.3 Å². The summed E-state index contributed by atoms with van der Waals surface area (Å²) in [5, 5.41) is 6.88. The number of anilines is 2. The Hall–Kier alpha value is -3.19. The minimum Gasteiger partial charge on any atom is -0.457 e. The zero-order valence-electron chi connectivity index (χ0n) is 14.2. The molecule has 0 radical (unpaired) electrons. The van der Waals surface area contributed by atoms with E-state index in [0.717, 1.165) is 54.3 Å². The number of nitrogens with one attached hydrogen (secondary N) is 2. The van der Waals surface area contributed by atoms with Crippen LogP contribution in [0.5, 0.6) is 11.5 Å². The second-order valence-corrected chi connectivity index (χ2v) is 5.99. The molecule has 1 aliphatic heterocycles. The molecular formula is C19H19N5O2. The van der Waals surface area contributed by atoms with Gasteiger partial charge in [0.2, 0.25) is 6.41 Å². The maximum absolute atomic E-state index is 10.5. The molecule has 0 atom stereocenters. The van der Waals surface area contributed by atoms with Crippen molar-refractivity contribution in [1.82, 2.24) is 15.3 Å². The van der Waals surface area contributed by atoms with Crippen LogP contribution in [0.3, 0.4) is 0 Å². The lowest BCUT2D eigenvalue weighted by Gasteiger charge is -2.28. The largest absolute Gasteiger partial charge is 0.457 e. The van der Waals surface area contributed by atoms with Gasteiger partial charge in [0.25, 0.3) is 0 Å². The van der Waals surface area contributed by atoms with E-state index in [0.29, 0.717) is 12.2 Å². The molecule has 0 unspecified atom stereocenters. The molecule has 3 heterocycles. The molecule has 26 heavy (non-hydrogen) atoms. The summed E-state index contributed by atoms with van der Waals surface area (Å²) >= 11 is 0. The molecular weight excluding hydrogens is 330 g/mol. The van der Waals surface area contributed by atoms with Crippen molar-refractivity contribution in [2.24, 2.45) is 0 Å². The molecule has 2 N–H and O–H groups in total. The van der Waals surface area contributed by atoms with Gasteiger partial charge >= 0.3 is 0 Å². The van der Waals surface area contributed by atoms with Crippen molar-refractivity contribution in [2.75, 3.05) is 36.4 Å². The number of carbonyl (C=O) groups is 1. The van der Waals surface area contributed by atoms with Gasteiger partial charge in [-0.15, -0.1) is 0 Å². The van der Waals surface area contributed by atoms with E-state index in [1.807, 2.05) is 24.3 Å². The van der Waals surface area contributed by atoms with E-state index in [-0.39, 0.29) is 0 Å². The van der Waals surface area contributed by atoms with Crippen LogP contribution in [0.1, 0.15) is 0 Å². The number of benzene rings is 1. The fourth-order valence-electron chi connectivity index (χ4n) is 2.98. The first-order valence-electron chi connectivity index (χ1n) is 8.52. The minimum absolute atomic E-state index is 0.650. The number of piperazine rings is 1. The lowest BCUT2D eigenvalue weighted by atomic mass is 10.2. The van der Waals surface area contributed by atoms with Crippen molar-refractivity contribution in [3.05, 3.63) is 48.8 Å². The molecule has 0 saturated carbocycles. The third-order valence-corrected chi connectivity index (χ3v) is 4.32. The van der Waals surface area contributed by atoms with Crippen molar-refractivity contribution in [3.63, 3.8) is 0 Å². The lowest BCUT2D eigenvalue weighted by Crippen LogP contribution is -2.43. The van der Waals surface area contributed by atoms with Crippen molar-refractivity contribution in [2.45, 2.75) is 0 Å². The highest BCUT2D eigenvalue weighted by Crippen LogP contribution is 2.31. The lowest BCUT2D eigenvalue weighted by molar-refractivity contribution is -0.105. The Bertz CT molecular complexity index is 907. The average Bonchev–Trinajstić information content (AvgIpc) is 2.70. The number of rotatable bonds is 5. The minimum atomic E-state index is 0.650. The second kappa shape index (κ2) is 7.37. The summed E-state index contributed by atoms with van der Waals surface area (Å²) in [5.41, 5.74) is 1.51. The predicted molar refractivity (Wildman–Crippen MR) is 101 cm³/mol. The molecule has 1 aliphatic rings. The van der Waals surface area contributed by atoms with E-state index in [1.165, 1.54) is 0 Å². The van der Waals surface area contributed by atoms with E-state index in [2.05, 4.69) is 25.5 Å². The number of pyridine rings is 2. The molecule has 7 nitrogen and oxygen atoms in total. The first-order chi connectivity index (χ1) is 12.8. The third-order valence-electron chi connectivity index (χ3n) is 4.32. The first-order valence-corrected chi connectivity index (χ1v) is 8.52. The van der Waals surface area contributed by atoms with Crippen molar-refractivity contribution in [1.29, 1.82) is 0 Å². The van der Waals surface area contributed by atoms with Gasteiger partial charge in [-0.3, -0.25) is 9.78 Å². The molecule has 0 spiro atoms. The highest BCUT2D eigenvalue weighted by molar-refractivity contribution is 5.86. The van der Waals surface area contributed by atoms with Crippen molar-refractivity contribution < 1.29 is 9.53 Å². The SMILES string of the molecule is O=CNc1ccc(Oc2ccnc3cnc(N4CCNCC4)cc23)cc1. The van der Waals surface area contributed by atoms with Crippen LogP contribution in [0.25, 0.3) is 10.9 Å². The summed E-state index contributed by atoms with van der Waals surface area (Å²) < 4.78 is 6.05. The van der Waals surface area contributed by atoms with Crippen LogP contribution in [0.15, 0.2) is 48.8 Å². The normalized spacial score (nSPS) is 14.2. The second-order valence-electron chi connectivity index (χ2n) is 5.99. The number of nitrogens with zero attached hydrogens (tertiary/aromatic N) is 3. The van der Waals surface area contributed by atoms with Gasteiger partial charge in [0.15, 0.2) is 0 Å². The fourth-order valence-corrected chi connectivity index (χ4v) is 2.98. The molecule has 3 aromatic rings. The number of amides is 1. The molecule has 0 bridgehead atoms. The number of carbonyl (C=O) groups excluding carboxylic acids is 1. The predicted octanol–water partition coefficient (Wildman–Crippen LogP) is 2.40. The van der Waals surface area contributed by atoms with Crippen LogP contribution in [-0.2, 0) is 4.79 Å². The summed E-state index contributed by atoms with van der Waals surface area (Å²) in [5.74, 6) is 2.35. The highest BCUT2D eigenvalue weighted by atomic mass is 16.5. The zero-order valence-corrected chi connectivity index (χ0v) is 14.2. The average molecular weight is 349 g/mol. The topological polar surface area (TPSA) is 79.4 Å². The Kier molecular flexibility index (Phi) is 4.61. The van der Waals surface area contributed by atoms with E-state index >= 15 is 0 Å². The number of ether oxygens (including phenoxy) is 1. The number of hydrogen-bond acceptors (Lipinski definition) is 6. The Morgan fingerprint density at radius 3 is 2.69 bits per heavy atom. The zero-order chi connectivity index (χ0) is 17.8. The van der Waals surface area contributed by atoms with Crippen LogP contribution >= 0.6 is 0 Å². The van der Waals surface area contributed by atoms with Crippen LogP contribution < -0.4 is 20.3 Å². The van der Waals surface area contributed by atoms with Crippen LogP contribution in [-0.4, -0.2) is 42.6 Å². The Morgan fingerprint density at radius 1 is 1.12 bits per heavy atom. The van der Waals surface area contributed by atoms with E-state index in [9.17, 15) is 4.79 Å². The fraction of sp³-hybridized carbons (Fsp3) is 0.211. The third kappa shape index (κ3) is 3.43. The molecule has 1 saturated heterocycles. The Morgan fingerprint density at radius 2 is 1.92 bits per heavy atom. The van der Waals surface area contributed by atoms with Crippen LogP contribution in [0.4, 0.5) is 11.5 Å². The molecule has 132 valence electrons. The summed E-state index contributed by atoms with van der Waals surface area (Å²) in [6.45, 7) is 3.77. The van der Waals surface area contributed by atoms with Crippen molar-refractivity contribution >= 4 is 28.8 Å². The van der Waals surface area contributed by atoms with Gasteiger partial charge < -0.3 is 20.3 Å². The van der Waals surface area contributed by atoms with Crippen molar-refractivity contribution in [3.8, 4) is 11.5 Å². The molecule has 1 fully saturated rings. The van der Waals surface area contributed by atoms with Crippen LogP contribution in [0.2, 0.25) is 0 Å². The Balaban J connectivity index is 1.64. The maximum Gasteiger partial charge on any atom is 0.211 e. The molecule has 0 aliphatic carbocycles. The molecule has 1 aromatic carbocycles. The number of aromatic nitrogens is 2. The molecule has 2 aromatic heterocycles. The monoisotopic (exact) mass is 349 g/mol. The molecule has 7 heteroatoms. The van der Waals surface area contributed by atoms with E-state index in [4.69, 9.17) is 4.74 Å². The quantitative estimate of drug-likeness (QED) is 0.689. The standard InChI is InChI=1S/C19H19N5O2/c25-13-23-14-1-3-15(4-2-14)26-18-5-6-21-17-12-22-19(11-16(17)18)24-9-7-20-8-10-24/h1-6,11-13,20H,7-10H2,(H,23,25). The van der Waals surface area contributed by atoms with Gasteiger partial charge in [-0.2, -0.15) is 0 Å². The number of hydrogen-bond donors (Lipinski definition) is 2. The summed E-state index contributed by atoms with van der Waals surface area (Å²) in [7, 11) is 0.